The van der Waals surface area contributed by atoms with Gasteiger partial charge in [-0.25, -0.2) is 0 Å². The summed E-state index contributed by atoms with van der Waals surface area (Å²) < 4.78 is 5.44. The van der Waals surface area contributed by atoms with Gasteiger partial charge in [0, 0.05) is 23.9 Å². The van der Waals surface area contributed by atoms with Gasteiger partial charge in [-0.2, -0.15) is 11.8 Å². The minimum absolute atomic E-state index is 0.769. The first-order valence-corrected chi connectivity index (χ1v) is 7.96. The summed E-state index contributed by atoms with van der Waals surface area (Å²) in [6.07, 6.45) is 3.92. The molecule has 0 atom stereocenters. The number of methoxy groups -OCH3 is 1. The molecular formula is C15H23NOS. The summed E-state index contributed by atoms with van der Waals surface area (Å²) in [5.74, 6) is 3.29. The molecule has 0 saturated heterocycles. The smallest absolute Gasteiger partial charge is 0.122 e. The van der Waals surface area contributed by atoms with Crippen molar-refractivity contribution in [1.82, 2.24) is 5.32 Å². The summed E-state index contributed by atoms with van der Waals surface area (Å²) >= 11 is 1.98. The second-order valence-electron chi connectivity index (χ2n) is 4.85. The molecule has 3 heteroatoms. The lowest BCUT2D eigenvalue weighted by Crippen LogP contribution is -2.15. The van der Waals surface area contributed by atoms with Crippen LogP contribution >= 0.6 is 11.8 Å². The van der Waals surface area contributed by atoms with E-state index in [1.807, 2.05) is 11.8 Å². The molecule has 1 aliphatic carbocycles. The van der Waals surface area contributed by atoms with Crippen LogP contribution < -0.4 is 10.1 Å². The van der Waals surface area contributed by atoms with Crippen LogP contribution in [0.2, 0.25) is 0 Å². The molecule has 0 aromatic heterocycles. The highest BCUT2D eigenvalue weighted by molar-refractivity contribution is 7.98. The van der Waals surface area contributed by atoms with E-state index >= 15 is 0 Å². The summed E-state index contributed by atoms with van der Waals surface area (Å²) in [5, 5.41) is 3.56. The van der Waals surface area contributed by atoms with Gasteiger partial charge in [-0.05, 0) is 42.7 Å². The lowest BCUT2D eigenvalue weighted by Gasteiger charge is -2.11. The van der Waals surface area contributed by atoms with Crippen LogP contribution in [0.5, 0.6) is 5.75 Å². The van der Waals surface area contributed by atoms with Crippen LogP contribution in [0, 0.1) is 0 Å². The molecule has 0 unspecified atom stereocenters. The van der Waals surface area contributed by atoms with Crippen LogP contribution in [0.25, 0.3) is 0 Å². The molecule has 1 aliphatic rings. The van der Waals surface area contributed by atoms with Crippen LogP contribution in [0.15, 0.2) is 18.2 Å². The fourth-order valence-electron chi connectivity index (χ4n) is 1.93. The number of rotatable bonds is 8. The average Bonchev–Trinajstić information content (AvgIpc) is 3.21. The summed E-state index contributed by atoms with van der Waals surface area (Å²) in [7, 11) is 1.76. The Kier molecular flexibility index (Phi) is 5.39. The molecule has 0 aliphatic heterocycles. The molecule has 100 valence electrons. The highest BCUT2D eigenvalue weighted by Gasteiger charge is 2.20. The molecule has 2 nitrogen and oxygen atoms in total. The third-order valence-corrected chi connectivity index (χ3v) is 4.34. The molecule has 1 N–H and O–H groups in total. The number of nitrogens with one attached hydrogen (secondary N) is 1. The number of thioether (sulfide) groups is 1. The second-order valence-corrected chi connectivity index (χ2v) is 5.96. The standard InChI is InChI=1S/C15H23NOS/c1-3-8-18-11-13-9-12(4-7-15(13)17-2)10-16-14-5-6-14/h4,7,9,14,16H,3,5-6,8,10-11H2,1-2H3. The molecule has 0 bridgehead atoms. The van der Waals surface area contributed by atoms with Crippen molar-refractivity contribution in [2.45, 2.75) is 44.5 Å². The molecule has 0 spiro atoms. The molecule has 18 heavy (non-hydrogen) atoms. The third-order valence-electron chi connectivity index (χ3n) is 3.12. The number of hydrogen-bond acceptors (Lipinski definition) is 3. The molecule has 1 saturated carbocycles. The van der Waals surface area contributed by atoms with E-state index in [2.05, 4.69) is 30.4 Å². The zero-order valence-electron chi connectivity index (χ0n) is 11.4. The minimum atomic E-state index is 0.769. The number of ether oxygens (including phenoxy) is 1. The largest absolute Gasteiger partial charge is 0.496 e. The van der Waals surface area contributed by atoms with Crippen LogP contribution in [-0.4, -0.2) is 18.9 Å². The van der Waals surface area contributed by atoms with Gasteiger partial charge in [-0.15, -0.1) is 0 Å². The Morgan fingerprint density at radius 3 is 2.89 bits per heavy atom. The topological polar surface area (TPSA) is 21.3 Å². The van der Waals surface area contributed by atoms with E-state index in [0.717, 1.165) is 24.1 Å². The van der Waals surface area contributed by atoms with Gasteiger partial charge in [-0.3, -0.25) is 0 Å². The van der Waals surface area contributed by atoms with Gasteiger partial charge >= 0.3 is 0 Å². The third kappa shape index (κ3) is 4.21. The van der Waals surface area contributed by atoms with Crippen molar-refractivity contribution in [3.05, 3.63) is 29.3 Å². The Hall–Kier alpha value is -0.670. The maximum atomic E-state index is 5.44. The molecule has 1 fully saturated rings. The van der Waals surface area contributed by atoms with Crippen LogP contribution in [0.4, 0.5) is 0 Å². The predicted molar refractivity (Wildman–Crippen MR) is 79.3 cm³/mol. The van der Waals surface area contributed by atoms with Gasteiger partial charge in [0.25, 0.3) is 0 Å². The molecule has 0 radical (unpaired) electrons. The fraction of sp³-hybridized carbons (Fsp3) is 0.600. The van der Waals surface area contributed by atoms with Crippen molar-refractivity contribution in [2.75, 3.05) is 12.9 Å². The van der Waals surface area contributed by atoms with E-state index < -0.39 is 0 Å². The SMILES string of the molecule is CCCSCc1cc(CNC2CC2)ccc1OC. The molecule has 0 amide bonds. The first-order valence-electron chi connectivity index (χ1n) is 6.80. The van der Waals surface area contributed by atoms with Crippen molar-refractivity contribution in [1.29, 1.82) is 0 Å². The van der Waals surface area contributed by atoms with Gasteiger partial charge in [0.15, 0.2) is 0 Å². The van der Waals surface area contributed by atoms with Crippen molar-refractivity contribution in [3.63, 3.8) is 0 Å². The highest BCUT2D eigenvalue weighted by Crippen LogP contribution is 2.25. The van der Waals surface area contributed by atoms with E-state index in [0.29, 0.717) is 0 Å². The Labute approximate surface area is 114 Å². The van der Waals surface area contributed by atoms with Crippen molar-refractivity contribution < 1.29 is 4.74 Å². The summed E-state index contributed by atoms with van der Waals surface area (Å²) in [6, 6.07) is 7.33. The first-order chi connectivity index (χ1) is 8.83. The zero-order chi connectivity index (χ0) is 12.8. The average molecular weight is 265 g/mol. The Balaban J connectivity index is 1.95. The van der Waals surface area contributed by atoms with E-state index in [4.69, 9.17) is 4.74 Å². The second kappa shape index (κ2) is 7.05. The quantitative estimate of drug-likeness (QED) is 0.726. The molecule has 2 rings (SSSR count). The van der Waals surface area contributed by atoms with Crippen LogP contribution in [-0.2, 0) is 12.3 Å². The van der Waals surface area contributed by atoms with E-state index in [-0.39, 0.29) is 0 Å². The molecule has 1 aromatic rings. The molecular weight excluding hydrogens is 242 g/mol. The Morgan fingerprint density at radius 1 is 1.39 bits per heavy atom. The summed E-state index contributed by atoms with van der Waals surface area (Å²) in [4.78, 5) is 0. The van der Waals surface area contributed by atoms with Gasteiger partial charge in [0.05, 0.1) is 7.11 Å². The number of hydrogen-bond donors (Lipinski definition) is 1. The van der Waals surface area contributed by atoms with Gasteiger partial charge in [-0.1, -0.05) is 13.0 Å². The molecule has 1 aromatic carbocycles. The van der Waals surface area contributed by atoms with Crippen LogP contribution in [0.1, 0.15) is 37.3 Å². The lowest BCUT2D eigenvalue weighted by molar-refractivity contribution is 0.411. The van der Waals surface area contributed by atoms with E-state index in [9.17, 15) is 0 Å². The van der Waals surface area contributed by atoms with E-state index in [1.165, 1.54) is 36.1 Å². The minimum Gasteiger partial charge on any atom is -0.496 e. The van der Waals surface area contributed by atoms with Gasteiger partial charge in [0.1, 0.15) is 5.75 Å². The fourth-order valence-corrected chi connectivity index (χ4v) is 2.81. The van der Waals surface area contributed by atoms with E-state index in [1.54, 1.807) is 7.11 Å². The van der Waals surface area contributed by atoms with Crippen molar-refractivity contribution in [3.8, 4) is 5.75 Å². The summed E-state index contributed by atoms with van der Waals surface area (Å²) in [6.45, 7) is 3.21. The molecule has 0 heterocycles. The number of benzene rings is 1. The first kappa shape index (κ1) is 13.8. The Bertz CT molecular complexity index is 377. The van der Waals surface area contributed by atoms with Crippen molar-refractivity contribution >= 4 is 11.8 Å². The van der Waals surface area contributed by atoms with Crippen LogP contribution in [0.3, 0.4) is 0 Å². The monoisotopic (exact) mass is 265 g/mol. The highest BCUT2D eigenvalue weighted by atomic mass is 32.2. The normalized spacial score (nSPS) is 14.8. The van der Waals surface area contributed by atoms with Gasteiger partial charge < -0.3 is 10.1 Å². The maximum Gasteiger partial charge on any atom is 0.122 e. The predicted octanol–water partition coefficient (Wildman–Crippen LogP) is 3.59. The Morgan fingerprint density at radius 2 is 2.22 bits per heavy atom. The lowest BCUT2D eigenvalue weighted by atomic mass is 10.1. The summed E-state index contributed by atoms with van der Waals surface area (Å²) in [5.41, 5.74) is 2.70. The zero-order valence-corrected chi connectivity index (χ0v) is 12.2. The van der Waals surface area contributed by atoms with Gasteiger partial charge in [0.2, 0.25) is 0 Å². The van der Waals surface area contributed by atoms with Crippen molar-refractivity contribution in [2.24, 2.45) is 0 Å². The maximum absolute atomic E-state index is 5.44.